The summed E-state index contributed by atoms with van der Waals surface area (Å²) in [5.74, 6) is -2.40. The molecule has 1 aliphatic carbocycles. The van der Waals surface area contributed by atoms with Crippen molar-refractivity contribution in [1.29, 1.82) is 0 Å². The molecule has 1 heterocycles. The highest BCUT2D eigenvalue weighted by Gasteiger charge is 2.21. The Labute approximate surface area is 175 Å². The molecule has 1 unspecified atom stereocenters. The first-order chi connectivity index (χ1) is 13.5. The minimum absolute atomic E-state index is 0.0359. The molecule has 152 valence electrons. The lowest BCUT2D eigenvalue weighted by Gasteiger charge is -2.24. The molecule has 10 heteroatoms. The van der Waals surface area contributed by atoms with Crippen molar-refractivity contribution in [2.75, 3.05) is 5.32 Å². The van der Waals surface area contributed by atoms with Gasteiger partial charge in [-0.05, 0) is 44.0 Å². The normalized spacial score (nSPS) is 16.1. The minimum atomic E-state index is -2.43. The van der Waals surface area contributed by atoms with Gasteiger partial charge in [-0.25, -0.2) is 0 Å². The summed E-state index contributed by atoms with van der Waals surface area (Å²) in [6.45, 7) is 1.87. The molecule has 1 atom stereocenters. The molecule has 0 spiro atoms. The van der Waals surface area contributed by atoms with E-state index in [0.29, 0.717) is 32.2 Å². The van der Waals surface area contributed by atoms with Crippen molar-refractivity contribution in [1.82, 2.24) is 15.5 Å². The molecule has 5 nitrogen and oxygen atoms in total. The maximum Gasteiger partial charge on any atom is 0.288 e. The second kappa shape index (κ2) is 10.4. The number of amides is 1. The Morgan fingerprint density at radius 3 is 2.54 bits per heavy atom. The van der Waals surface area contributed by atoms with Crippen LogP contribution in [-0.2, 0) is 4.79 Å². The van der Waals surface area contributed by atoms with Crippen LogP contribution in [0.25, 0.3) is 0 Å². The zero-order valence-electron chi connectivity index (χ0n) is 15.4. The van der Waals surface area contributed by atoms with Crippen LogP contribution < -0.4 is 10.6 Å². The van der Waals surface area contributed by atoms with Gasteiger partial charge in [0.05, 0.1) is 5.25 Å². The highest BCUT2D eigenvalue weighted by atomic mass is 32.2. The largest absolute Gasteiger partial charge is 0.352 e. The van der Waals surface area contributed by atoms with Gasteiger partial charge in [-0.15, -0.1) is 10.2 Å². The standard InChI is InChI=1S/C18H22F2N4OS3/c1-11(15(25)21-12-5-3-2-4-6-12)26-18-24-23-17(28-18)22-13-7-9-14(10-8-13)27-16(19)20/h7-12,16H,2-6H2,1H3,(H,21,25)(H,22,23). The number of carbonyl (C=O) groups is 1. The van der Waals surface area contributed by atoms with Crippen molar-refractivity contribution in [3.05, 3.63) is 24.3 Å². The molecule has 0 radical (unpaired) electrons. The van der Waals surface area contributed by atoms with Crippen molar-refractivity contribution in [2.24, 2.45) is 0 Å². The average molecular weight is 445 g/mol. The smallest absolute Gasteiger partial charge is 0.288 e. The number of halogens is 2. The zero-order chi connectivity index (χ0) is 19.9. The van der Waals surface area contributed by atoms with Crippen molar-refractivity contribution < 1.29 is 13.6 Å². The predicted molar refractivity (Wildman–Crippen MR) is 112 cm³/mol. The van der Waals surface area contributed by atoms with Gasteiger partial charge in [0.25, 0.3) is 5.76 Å². The molecule has 1 aromatic heterocycles. The van der Waals surface area contributed by atoms with E-state index in [1.807, 2.05) is 6.92 Å². The second-order valence-corrected chi connectivity index (χ2v) is 10.1. The summed E-state index contributed by atoms with van der Waals surface area (Å²) < 4.78 is 25.4. The van der Waals surface area contributed by atoms with Crippen LogP contribution in [0.1, 0.15) is 39.0 Å². The fourth-order valence-electron chi connectivity index (χ4n) is 2.92. The van der Waals surface area contributed by atoms with Gasteiger partial charge in [0, 0.05) is 16.6 Å². The first-order valence-electron chi connectivity index (χ1n) is 9.12. The molecule has 1 aromatic carbocycles. The number of aromatic nitrogens is 2. The van der Waals surface area contributed by atoms with Gasteiger partial charge in [-0.2, -0.15) is 8.78 Å². The number of hydrogen-bond acceptors (Lipinski definition) is 7. The minimum Gasteiger partial charge on any atom is -0.352 e. The average Bonchev–Trinajstić information content (AvgIpc) is 3.10. The zero-order valence-corrected chi connectivity index (χ0v) is 17.8. The highest BCUT2D eigenvalue weighted by molar-refractivity contribution is 8.02. The molecular weight excluding hydrogens is 422 g/mol. The molecule has 2 N–H and O–H groups in total. The molecule has 0 bridgehead atoms. The van der Waals surface area contributed by atoms with Crippen molar-refractivity contribution in [2.45, 2.75) is 65.3 Å². The van der Waals surface area contributed by atoms with E-state index in [9.17, 15) is 13.6 Å². The van der Waals surface area contributed by atoms with Gasteiger partial charge in [0.1, 0.15) is 0 Å². The number of nitrogens with zero attached hydrogens (tertiary/aromatic N) is 2. The summed E-state index contributed by atoms with van der Waals surface area (Å²) in [7, 11) is 0. The number of nitrogens with one attached hydrogen (secondary N) is 2. The Hall–Kier alpha value is -1.39. The molecule has 1 fully saturated rings. The third-order valence-electron chi connectivity index (χ3n) is 4.34. The van der Waals surface area contributed by atoms with Crippen molar-refractivity contribution >= 4 is 51.6 Å². The van der Waals surface area contributed by atoms with Crippen LogP contribution in [0.5, 0.6) is 0 Å². The van der Waals surface area contributed by atoms with Crippen LogP contribution in [-0.4, -0.2) is 33.2 Å². The first-order valence-corrected chi connectivity index (χ1v) is 11.7. The Morgan fingerprint density at radius 2 is 1.86 bits per heavy atom. The van der Waals surface area contributed by atoms with Crippen molar-refractivity contribution in [3.8, 4) is 0 Å². The molecule has 1 amide bonds. The number of hydrogen-bond donors (Lipinski definition) is 2. The van der Waals surface area contributed by atoms with Crippen LogP contribution in [0.3, 0.4) is 0 Å². The van der Waals surface area contributed by atoms with Gasteiger partial charge >= 0.3 is 0 Å². The number of rotatable bonds is 8. The van der Waals surface area contributed by atoms with E-state index < -0.39 is 5.76 Å². The van der Waals surface area contributed by atoms with Gasteiger partial charge in [-0.3, -0.25) is 4.79 Å². The fraction of sp³-hybridized carbons (Fsp3) is 0.500. The van der Waals surface area contributed by atoms with Gasteiger partial charge in [0.2, 0.25) is 11.0 Å². The summed E-state index contributed by atoms with van der Waals surface area (Å²) in [6, 6.07) is 7.00. The van der Waals surface area contributed by atoms with Crippen LogP contribution in [0.15, 0.2) is 33.5 Å². The second-order valence-electron chi connectivity index (χ2n) is 6.50. The molecule has 0 aliphatic heterocycles. The van der Waals surface area contributed by atoms with Gasteiger partial charge in [0.15, 0.2) is 4.34 Å². The monoisotopic (exact) mass is 444 g/mol. The van der Waals surface area contributed by atoms with Gasteiger partial charge < -0.3 is 10.6 Å². The number of benzene rings is 1. The summed E-state index contributed by atoms with van der Waals surface area (Å²) in [6.07, 6.45) is 5.74. The van der Waals surface area contributed by atoms with Crippen LogP contribution in [0.4, 0.5) is 19.6 Å². The van der Waals surface area contributed by atoms with E-state index in [1.165, 1.54) is 42.4 Å². The van der Waals surface area contributed by atoms with Crippen molar-refractivity contribution in [3.63, 3.8) is 0 Å². The molecule has 3 rings (SSSR count). The Balaban J connectivity index is 1.49. The number of carbonyl (C=O) groups excluding carboxylic acids is 1. The third kappa shape index (κ3) is 6.59. The van der Waals surface area contributed by atoms with E-state index in [1.54, 1.807) is 24.3 Å². The third-order valence-corrected chi connectivity index (χ3v) is 7.08. The van der Waals surface area contributed by atoms with E-state index in [-0.39, 0.29) is 11.2 Å². The number of alkyl halides is 2. The van der Waals surface area contributed by atoms with E-state index in [4.69, 9.17) is 0 Å². The van der Waals surface area contributed by atoms with Crippen LogP contribution in [0, 0.1) is 0 Å². The van der Waals surface area contributed by atoms with Crippen LogP contribution in [0.2, 0.25) is 0 Å². The Bertz CT molecular complexity index is 766. The maximum absolute atomic E-state index is 12.4. The van der Waals surface area contributed by atoms with E-state index in [2.05, 4.69) is 20.8 Å². The molecule has 28 heavy (non-hydrogen) atoms. The summed E-state index contributed by atoms with van der Waals surface area (Å²) in [5.41, 5.74) is 0.745. The first kappa shape index (κ1) is 21.3. The fourth-order valence-corrected chi connectivity index (χ4v) is 5.35. The van der Waals surface area contributed by atoms with E-state index >= 15 is 0 Å². The van der Waals surface area contributed by atoms with E-state index in [0.717, 1.165) is 18.5 Å². The number of anilines is 2. The summed E-state index contributed by atoms with van der Waals surface area (Å²) in [4.78, 5) is 12.9. The maximum atomic E-state index is 12.4. The molecule has 0 saturated heterocycles. The topological polar surface area (TPSA) is 66.9 Å². The molecule has 1 saturated carbocycles. The lowest BCUT2D eigenvalue weighted by Crippen LogP contribution is -2.40. The lowest BCUT2D eigenvalue weighted by atomic mass is 9.95. The lowest BCUT2D eigenvalue weighted by molar-refractivity contribution is -0.121. The quantitative estimate of drug-likeness (QED) is 0.522. The molecule has 2 aromatic rings. The number of thioether (sulfide) groups is 2. The van der Waals surface area contributed by atoms with Gasteiger partial charge in [-0.1, -0.05) is 54.1 Å². The molecule has 1 aliphatic rings. The Kier molecular flexibility index (Phi) is 7.92. The summed E-state index contributed by atoms with van der Waals surface area (Å²) >= 11 is 3.26. The highest BCUT2D eigenvalue weighted by Crippen LogP contribution is 2.32. The van der Waals surface area contributed by atoms with Crippen LogP contribution >= 0.6 is 34.9 Å². The predicted octanol–water partition coefficient (Wildman–Crippen LogP) is 5.53. The summed E-state index contributed by atoms with van der Waals surface area (Å²) in [5, 5.41) is 14.8. The SMILES string of the molecule is CC(Sc1nnc(Nc2ccc(SC(F)F)cc2)s1)C(=O)NC1CCCCC1. The molecular formula is C18H22F2N4OS3. The Morgan fingerprint density at radius 1 is 1.14 bits per heavy atom.